The van der Waals surface area contributed by atoms with Gasteiger partial charge < -0.3 is 10.1 Å². The van der Waals surface area contributed by atoms with Gasteiger partial charge in [-0.1, -0.05) is 20.8 Å². The number of hydrogen-bond acceptors (Lipinski definition) is 2. The summed E-state index contributed by atoms with van der Waals surface area (Å²) >= 11 is 0. The summed E-state index contributed by atoms with van der Waals surface area (Å²) in [7, 11) is 0. The van der Waals surface area contributed by atoms with Gasteiger partial charge in [0.1, 0.15) is 0 Å². The van der Waals surface area contributed by atoms with Crippen molar-refractivity contribution in [1.82, 2.24) is 5.32 Å². The van der Waals surface area contributed by atoms with Crippen LogP contribution in [0.1, 0.15) is 47.0 Å². The Balaban J connectivity index is 2.24. The largest absolute Gasteiger partial charge is 0.374 e. The predicted molar refractivity (Wildman–Crippen MR) is 65.1 cm³/mol. The Bertz CT molecular complexity index is 162. The quantitative estimate of drug-likeness (QED) is 0.758. The number of ether oxygens (including phenoxy) is 1. The minimum Gasteiger partial charge on any atom is -0.374 e. The first-order valence-corrected chi connectivity index (χ1v) is 6.48. The van der Waals surface area contributed by atoms with Crippen molar-refractivity contribution in [2.45, 2.75) is 59.2 Å². The Morgan fingerprint density at radius 2 is 1.80 bits per heavy atom. The molecule has 0 radical (unpaired) electrons. The fourth-order valence-electron chi connectivity index (χ4n) is 2.71. The standard InChI is InChI=1S/C13H27NO/c1-5-14-9-12(4)15-13-7-10(2)6-11(3)8-13/h10-14H,5-9H2,1-4H3. The third-order valence-electron chi connectivity index (χ3n) is 3.24. The van der Waals surface area contributed by atoms with Gasteiger partial charge in [0, 0.05) is 6.54 Å². The van der Waals surface area contributed by atoms with Crippen molar-refractivity contribution in [3.63, 3.8) is 0 Å². The first-order valence-electron chi connectivity index (χ1n) is 6.48. The molecule has 3 atom stereocenters. The van der Waals surface area contributed by atoms with Crippen LogP contribution >= 0.6 is 0 Å². The molecule has 0 bridgehead atoms. The molecule has 2 heteroatoms. The van der Waals surface area contributed by atoms with Gasteiger partial charge in [0.25, 0.3) is 0 Å². The molecule has 0 spiro atoms. The SMILES string of the molecule is CCNCC(C)OC1CC(C)CC(C)C1. The fraction of sp³-hybridized carbons (Fsp3) is 1.00. The number of rotatable bonds is 5. The first kappa shape index (κ1) is 13.0. The van der Waals surface area contributed by atoms with Crippen molar-refractivity contribution in [3.8, 4) is 0 Å². The average molecular weight is 213 g/mol. The Morgan fingerprint density at radius 3 is 2.33 bits per heavy atom. The van der Waals surface area contributed by atoms with Crippen molar-refractivity contribution in [3.05, 3.63) is 0 Å². The van der Waals surface area contributed by atoms with E-state index in [-0.39, 0.29) is 0 Å². The Labute approximate surface area is 94.8 Å². The molecule has 0 aromatic heterocycles. The van der Waals surface area contributed by atoms with Crippen molar-refractivity contribution in [1.29, 1.82) is 0 Å². The van der Waals surface area contributed by atoms with E-state index in [9.17, 15) is 0 Å². The molecule has 1 fully saturated rings. The summed E-state index contributed by atoms with van der Waals surface area (Å²) in [6, 6.07) is 0. The molecule has 0 aliphatic heterocycles. The minimum absolute atomic E-state index is 0.354. The van der Waals surface area contributed by atoms with Crippen molar-refractivity contribution < 1.29 is 4.74 Å². The van der Waals surface area contributed by atoms with Gasteiger partial charge in [0.2, 0.25) is 0 Å². The number of hydrogen-bond donors (Lipinski definition) is 1. The highest BCUT2D eigenvalue weighted by Crippen LogP contribution is 2.30. The van der Waals surface area contributed by atoms with E-state index in [0.29, 0.717) is 12.2 Å². The number of likely N-dealkylation sites (N-methyl/N-ethyl adjacent to an activating group) is 1. The van der Waals surface area contributed by atoms with Crippen LogP contribution in [0.15, 0.2) is 0 Å². The summed E-state index contributed by atoms with van der Waals surface area (Å²) in [5, 5.41) is 3.34. The van der Waals surface area contributed by atoms with Crippen LogP contribution in [0.2, 0.25) is 0 Å². The summed E-state index contributed by atoms with van der Waals surface area (Å²) in [5.41, 5.74) is 0. The normalized spacial score (nSPS) is 34.0. The molecule has 0 aromatic carbocycles. The van der Waals surface area contributed by atoms with Crippen molar-refractivity contribution in [2.24, 2.45) is 11.8 Å². The second-order valence-corrected chi connectivity index (χ2v) is 5.29. The molecule has 1 rings (SSSR count). The van der Waals surface area contributed by atoms with Crippen LogP contribution in [-0.2, 0) is 4.74 Å². The van der Waals surface area contributed by atoms with Crippen LogP contribution in [-0.4, -0.2) is 25.3 Å². The topological polar surface area (TPSA) is 21.3 Å². The van der Waals surface area contributed by atoms with Gasteiger partial charge in [-0.25, -0.2) is 0 Å². The zero-order chi connectivity index (χ0) is 11.3. The van der Waals surface area contributed by atoms with E-state index in [1.165, 1.54) is 19.3 Å². The van der Waals surface area contributed by atoms with Crippen molar-refractivity contribution in [2.75, 3.05) is 13.1 Å². The van der Waals surface area contributed by atoms with E-state index in [0.717, 1.165) is 24.9 Å². The number of nitrogens with one attached hydrogen (secondary N) is 1. The molecular weight excluding hydrogens is 186 g/mol. The molecule has 0 heterocycles. The lowest BCUT2D eigenvalue weighted by molar-refractivity contribution is -0.0398. The molecule has 1 aliphatic carbocycles. The Morgan fingerprint density at radius 1 is 1.20 bits per heavy atom. The molecule has 1 N–H and O–H groups in total. The maximum Gasteiger partial charge on any atom is 0.0675 e. The van der Waals surface area contributed by atoms with Gasteiger partial charge in [-0.05, 0) is 44.6 Å². The molecule has 0 saturated heterocycles. The van der Waals surface area contributed by atoms with Gasteiger partial charge >= 0.3 is 0 Å². The van der Waals surface area contributed by atoms with E-state index >= 15 is 0 Å². The molecule has 2 nitrogen and oxygen atoms in total. The lowest BCUT2D eigenvalue weighted by atomic mass is 9.82. The maximum atomic E-state index is 6.07. The lowest BCUT2D eigenvalue weighted by Crippen LogP contribution is -2.34. The Kier molecular flexibility index (Phi) is 5.62. The lowest BCUT2D eigenvalue weighted by Gasteiger charge is -2.33. The second kappa shape index (κ2) is 6.49. The molecule has 15 heavy (non-hydrogen) atoms. The summed E-state index contributed by atoms with van der Waals surface area (Å²) in [6.07, 6.45) is 4.73. The first-order chi connectivity index (χ1) is 7.11. The molecule has 0 aromatic rings. The van der Waals surface area contributed by atoms with Crippen LogP contribution in [0, 0.1) is 11.8 Å². The van der Waals surface area contributed by atoms with Gasteiger partial charge in [0.15, 0.2) is 0 Å². The smallest absolute Gasteiger partial charge is 0.0675 e. The summed E-state index contributed by atoms with van der Waals surface area (Å²) in [5.74, 6) is 1.68. The van der Waals surface area contributed by atoms with Crippen LogP contribution in [0.4, 0.5) is 0 Å². The van der Waals surface area contributed by atoms with E-state index in [2.05, 4.69) is 33.0 Å². The molecule has 0 amide bonds. The summed E-state index contributed by atoms with van der Waals surface area (Å²) in [6.45, 7) is 11.0. The zero-order valence-electron chi connectivity index (χ0n) is 10.8. The van der Waals surface area contributed by atoms with E-state index in [1.807, 2.05) is 0 Å². The molecule has 1 aliphatic rings. The van der Waals surface area contributed by atoms with E-state index < -0.39 is 0 Å². The third kappa shape index (κ3) is 4.98. The fourth-order valence-corrected chi connectivity index (χ4v) is 2.71. The molecule has 1 saturated carbocycles. The molecular formula is C13H27NO. The van der Waals surface area contributed by atoms with Crippen molar-refractivity contribution >= 4 is 0 Å². The monoisotopic (exact) mass is 213 g/mol. The van der Waals surface area contributed by atoms with Crippen LogP contribution in [0.25, 0.3) is 0 Å². The van der Waals surface area contributed by atoms with Gasteiger partial charge in [-0.3, -0.25) is 0 Å². The second-order valence-electron chi connectivity index (χ2n) is 5.29. The highest BCUT2D eigenvalue weighted by Gasteiger charge is 2.25. The average Bonchev–Trinajstić information content (AvgIpc) is 2.13. The van der Waals surface area contributed by atoms with Crippen LogP contribution in [0.5, 0.6) is 0 Å². The highest BCUT2D eigenvalue weighted by atomic mass is 16.5. The van der Waals surface area contributed by atoms with Crippen LogP contribution in [0.3, 0.4) is 0 Å². The van der Waals surface area contributed by atoms with Crippen LogP contribution < -0.4 is 5.32 Å². The maximum absolute atomic E-state index is 6.07. The van der Waals surface area contributed by atoms with Gasteiger partial charge in [-0.2, -0.15) is 0 Å². The summed E-state index contributed by atoms with van der Waals surface area (Å²) in [4.78, 5) is 0. The Hall–Kier alpha value is -0.0800. The zero-order valence-corrected chi connectivity index (χ0v) is 10.8. The van der Waals surface area contributed by atoms with E-state index in [4.69, 9.17) is 4.74 Å². The van der Waals surface area contributed by atoms with Gasteiger partial charge in [-0.15, -0.1) is 0 Å². The predicted octanol–water partition coefficient (Wildman–Crippen LogP) is 2.83. The molecule has 3 unspecified atom stereocenters. The van der Waals surface area contributed by atoms with Gasteiger partial charge in [0.05, 0.1) is 12.2 Å². The third-order valence-corrected chi connectivity index (χ3v) is 3.24. The molecule has 90 valence electrons. The minimum atomic E-state index is 0.354. The van der Waals surface area contributed by atoms with E-state index in [1.54, 1.807) is 0 Å². The summed E-state index contributed by atoms with van der Waals surface area (Å²) < 4.78 is 6.07. The highest BCUT2D eigenvalue weighted by molar-refractivity contribution is 4.76.